The summed E-state index contributed by atoms with van der Waals surface area (Å²) in [5.74, 6) is 0. The topological polar surface area (TPSA) is 44.0 Å². The summed E-state index contributed by atoms with van der Waals surface area (Å²) in [6.07, 6.45) is 3.32. The van der Waals surface area contributed by atoms with Crippen molar-refractivity contribution in [2.45, 2.75) is 20.4 Å². The summed E-state index contributed by atoms with van der Waals surface area (Å²) in [6.45, 7) is 4.31. The predicted octanol–water partition coefficient (Wildman–Crippen LogP) is 2.66. The van der Waals surface area contributed by atoms with E-state index in [-0.39, 0.29) is 0 Å². The Bertz CT molecular complexity index is 967. The average Bonchev–Trinajstić information content (AvgIpc) is 2.53. The maximum Gasteiger partial charge on any atom is 0.320 e. The Balaban J connectivity index is 2.04. The number of hydrogen-bond donors (Lipinski definition) is 0. The summed E-state index contributed by atoms with van der Waals surface area (Å²) in [5, 5.41) is 0. The Morgan fingerprint density at radius 3 is 2.39 bits per heavy atom. The highest BCUT2D eigenvalue weighted by atomic mass is 16.2. The fourth-order valence-electron chi connectivity index (χ4n) is 2.66. The van der Waals surface area contributed by atoms with E-state index in [0.717, 1.165) is 22.4 Å². The van der Waals surface area contributed by atoms with Crippen molar-refractivity contribution in [3.63, 3.8) is 0 Å². The summed E-state index contributed by atoms with van der Waals surface area (Å²) in [7, 11) is 0. The SMILES string of the molecule is Cc1cccc(Cn2ccn(-c3ccccc3C)c(=O)c2=O)c1. The minimum Gasteiger partial charge on any atom is -0.305 e. The highest BCUT2D eigenvalue weighted by Gasteiger charge is 2.08. The molecule has 0 fully saturated rings. The van der Waals surface area contributed by atoms with Crippen LogP contribution in [0.1, 0.15) is 16.7 Å². The molecule has 4 heteroatoms. The van der Waals surface area contributed by atoms with Gasteiger partial charge in [-0.3, -0.25) is 14.2 Å². The van der Waals surface area contributed by atoms with Crippen molar-refractivity contribution in [3.05, 3.63) is 98.3 Å². The molecule has 0 saturated carbocycles. The number of nitrogens with zero attached hydrogens (tertiary/aromatic N) is 2. The molecule has 3 rings (SSSR count). The van der Waals surface area contributed by atoms with Gasteiger partial charge in [-0.05, 0) is 31.0 Å². The third-order valence-electron chi connectivity index (χ3n) is 3.87. The van der Waals surface area contributed by atoms with Gasteiger partial charge in [-0.15, -0.1) is 0 Å². The lowest BCUT2D eigenvalue weighted by molar-refractivity contribution is 0.717. The monoisotopic (exact) mass is 306 g/mol. The molecule has 2 aromatic carbocycles. The van der Waals surface area contributed by atoms with Crippen LogP contribution in [-0.2, 0) is 6.54 Å². The van der Waals surface area contributed by atoms with E-state index >= 15 is 0 Å². The zero-order chi connectivity index (χ0) is 16.4. The first-order chi connectivity index (χ1) is 11.1. The van der Waals surface area contributed by atoms with Gasteiger partial charge in [0.1, 0.15) is 0 Å². The zero-order valence-electron chi connectivity index (χ0n) is 13.2. The summed E-state index contributed by atoms with van der Waals surface area (Å²) in [5.41, 5.74) is 2.76. The molecule has 0 spiro atoms. The van der Waals surface area contributed by atoms with Crippen LogP contribution in [-0.4, -0.2) is 9.13 Å². The predicted molar refractivity (Wildman–Crippen MR) is 91.3 cm³/mol. The molecule has 1 aromatic heterocycles. The molecule has 0 bridgehead atoms. The van der Waals surface area contributed by atoms with Crippen LogP contribution in [0, 0.1) is 13.8 Å². The van der Waals surface area contributed by atoms with E-state index in [0.29, 0.717) is 6.54 Å². The first-order valence-corrected chi connectivity index (χ1v) is 7.50. The smallest absolute Gasteiger partial charge is 0.305 e. The molecule has 0 radical (unpaired) electrons. The van der Waals surface area contributed by atoms with Gasteiger partial charge in [0.2, 0.25) is 0 Å². The summed E-state index contributed by atoms with van der Waals surface area (Å²) >= 11 is 0. The van der Waals surface area contributed by atoms with E-state index in [2.05, 4.69) is 0 Å². The molecule has 0 aliphatic carbocycles. The molecule has 0 unspecified atom stereocenters. The Labute approximate surface area is 134 Å². The van der Waals surface area contributed by atoms with Crippen molar-refractivity contribution in [2.75, 3.05) is 0 Å². The standard InChI is InChI=1S/C19H18N2O2/c1-14-6-5-8-16(12-14)13-20-10-11-21(19(23)18(20)22)17-9-4-3-7-15(17)2/h3-12H,13H2,1-2H3. The van der Waals surface area contributed by atoms with Crippen LogP contribution in [0.4, 0.5) is 0 Å². The number of aromatic nitrogens is 2. The highest BCUT2D eigenvalue weighted by Crippen LogP contribution is 2.10. The number of aryl methyl sites for hydroxylation is 2. The molecule has 0 atom stereocenters. The molecular formula is C19H18N2O2. The summed E-state index contributed by atoms with van der Waals surface area (Å²) < 4.78 is 2.86. The normalized spacial score (nSPS) is 10.7. The van der Waals surface area contributed by atoms with E-state index in [1.165, 1.54) is 9.13 Å². The number of rotatable bonds is 3. The van der Waals surface area contributed by atoms with Crippen molar-refractivity contribution in [1.29, 1.82) is 0 Å². The lowest BCUT2D eigenvalue weighted by Gasteiger charge is -2.11. The number of benzene rings is 2. The second-order valence-corrected chi connectivity index (χ2v) is 5.68. The van der Waals surface area contributed by atoms with Gasteiger partial charge in [0.15, 0.2) is 0 Å². The van der Waals surface area contributed by atoms with Crippen molar-refractivity contribution < 1.29 is 0 Å². The largest absolute Gasteiger partial charge is 0.320 e. The fraction of sp³-hybridized carbons (Fsp3) is 0.158. The molecular weight excluding hydrogens is 288 g/mol. The molecule has 116 valence electrons. The Morgan fingerprint density at radius 1 is 0.870 bits per heavy atom. The van der Waals surface area contributed by atoms with Crippen molar-refractivity contribution in [2.24, 2.45) is 0 Å². The maximum atomic E-state index is 12.4. The summed E-state index contributed by atoms with van der Waals surface area (Å²) in [6, 6.07) is 15.4. The van der Waals surface area contributed by atoms with Crippen LogP contribution >= 0.6 is 0 Å². The second-order valence-electron chi connectivity index (χ2n) is 5.68. The van der Waals surface area contributed by atoms with E-state index < -0.39 is 11.1 Å². The third kappa shape index (κ3) is 3.01. The second kappa shape index (κ2) is 6.08. The van der Waals surface area contributed by atoms with Crippen LogP contribution in [0.15, 0.2) is 70.5 Å². The van der Waals surface area contributed by atoms with Gasteiger partial charge in [-0.2, -0.15) is 0 Å². The zero-order valence-corrected chi connectivity index (χ0v) is 13.2. The van der Waals surface area contributed by atoms with Crippen LogP contribution in [0.2, 0.25) is 0 Å². The summed E-state index contributed by atoms with van der Waals surface area (Å²) in [4.78, 5) is 24.8. The lowest BCUT2D eigenvalue weighted by Crippen LogP contribution is -2.40. The molecule has 0 saturated heterocycles. The van der Waals surface area contributed by atoms with Crippen molar-refractivity contribution in [1.82, 2.24) is 9.13 Å². The molecule has 4 nitrogen and oxygen atoms in total. The van der Waals surface area contributed by atoms with E-state index in [1.807, 2.05) is 62.4 Å². The lowest BCUT2D eigenvalue weighted by atomic mass is 10.1. The van der Waals surface area contributed by atoms with Crippen LogP contribution in [0.5, 0.6) is 0 Å². The minimum absolute atomic E-state index is 0.393. The van der Waals surface area contributed by atoms with E-state index in [1.54, 1.807) is 12.4 Å². The van der Waals surface area contributed by atoms with E-state index in [4.69, 9.17) is 0 Å². The Kier molecular flexibility index (Phi) is 3.98. The van der Waals surface area contributed by atoms with Crippen molar-refractivity contribution >= 4 is 0 Å². The highest BCUT2D eigenvalue weighted by molar-refractivity contribution is 5.39. The minimum atomic E-state index is -0.533. The Morgan fingerprint density at radius 2 is 1.65 bits per heavy atom. The molecule has 0 aliphatic heterocycles. The van der Waals surface area contributed by atoms with Crippen LogP contribution < -0.4 is 11.1 Å². The first kappa shape index (κ1) is 15.0. The molecule has 0 amide bonds. The Hall–Kier alpha value is -2.88. The van der Waals surface area contributed by atoms with Crippen LogP contribution in [0.3, 0.4) is 0 Å². The quantitative estimate of drug-likeness (QED) is 0.698. The molecule has 23 heavy (non-hydrogen) atoms. The maximum absolute atomic E-state index is 12.4. The van der Waals surface area contributed by atoms with Gasteiger partial charge >= 0.3 is 11.1 Å². The molecule has 0 aliphatic rings. The van der Waals surface area contributed by atoms with Gasteiger partial charge in [0.25, 0.3) is 0 Å². The third-order valence-corrected chi connectivity index (χ3v) is 3.87. The van der Waals surface area contributed by atoms with Crippen LogP contribution in [0.25, 0.3) is 5.69 Å². The van der Waals surface area contributed by atoms with Gasteiger partial charge in [-0.1, -0.05) is 48.0 Å². The average molecular weight is 306 g/mol. The van der Waals surface area contributed by atoms with Gasteiger partial charge in [-0.25, -0.2) is 0 Å². The van der Waals surface area contributed by atoms with Crippen molar-refractivity contribution in [3.8, 4) is 5.69 Å². The molecule has 0 N–H and O–H groups in total. The van der Waals surface area contributed by atoms with Gasteiger partial charge in [0.05, 0.1) is 12.2 Å². The fourth-order valence-corrected chi connectivity index (χ4v) is 2.66. The van der Waals surface area contributed by atoms with E-state index in [9.17, 15) is 9.59 Å². The number of para-hydroxylation sites is 1. The van der Waals surface area contributed by atoms with Gasteiger partial charge in [0, 0.05) is 12.4 Å². The first-order valence-electron chi connectivity index (χ1n) is 7.50. The number of hydrogen-bond acceptors (Lipinski definition) is 2. The molecule has 1 heterocycles. The molecule has 3 aromatic rings. The van der Waals surface area contributed by atoms with Gasteiger partial charge < -0.3 is 4.57 Å².